The molecule has 1 aromatic heterocycles. The van der Waals surface area contributed by atoms with Crippen molar-refractivity contribution in [3.63, 3.8) is 0 Å². The highest BCUT2D eigenvalue weighted by Gasteiger charge is 2.30. The van der Waals surface area contributed by atoms with E-state index in [1.54, 1.807) is 6.33 Å². The van der Waals surface area contributed by atoms with Crippen LogP contribution in [-0.4, -0.2) is 37.9 Å². The number of hydrogen-bond acceptors (Lipinski definition) is 4. The first kappa shape index (κ1) is 11.4. The number of nitrogens with zero attached hydrogens (tertiary/aromatic N) is 3. The first-order valence-electron chi connectivity index (χ1n) is 5.24. The Morgan fingerprint density at radius 3 is 3.12 bits per heavy atom. The quantitative estimate of drug-likeness (QED) is 0.639. The molecule has 1 aliphatic heterocycles. The first-order chi connectivity index (χ1) is 8.08. The lowest BCUT2D eigenvalue weighted by molar-refractivity contribution is -0.120. The molecule has 4 N–H and O–H groups in total. The Bertz CT molecular complexity index is 444. The monoisotopic (exact) mass is 239 g/mol. The molecule has 8 heteroatoms. The summed E-state index contributed by atoms with van der Waals surface area (Å²) in [4.78, 5) is 21.7. The zero-order chi connectivity index (χ0) is 12.4. The molecule has 0 saturated carbocycles. The van der Waals surface area contributed by atoms with Crippen LogP contribution in [0.2, 0.25) is 0 Å². The number of nitrogens with two attached hydrogens (primary N) is 1. The summed E-state index contributed by atoms with van der Waals surface area (Å²) in [6, 6.07) is -0.888. The third kappa shape index (κ3) is 2.35. The molecule has 2 rings (SSSR count). The van der Waals surface area contributed by atoms with Crippen LogP contribution < -0.4 is 11.1 Å². The minimum Gasteiger partial charge on any atom is -0.465 e. The van der Waals surface area contributed by atoms with Gasteiger partial charge in [-0.3, -0.25) is 4.79 Å². The van der Waals surface area contributed by atoms with Crippen molar-refractivity contribution in [3.8, 4) is 0 Å². The van der Waals surface area contributed by atoms with E-state index in [0.29, 0.717) is 6.42 Å². The molecule has 0 saturated heterocycles. The van der Waals surface area contributed by atoms with Crippen molar-refractivity contribution in [3.05, 3.63) is 12.2 Å². The van der Waals surface area contributed by atoms with Gasteiger partial charge in [0.15, 0.2) is 0 Å². The molecule has 1 aliphatic rings. The number of fused-ring (bicyclic) bond motifs is 1. The predicted octanol–water partition coefficient (Wildman–Crippen LogP) is -0.723. The fourth-order valence-electron chi connectivity index (χ4n) is 2.08. The molecular weight excluding hydrogens is 226 g/mol. The Kier molecular flexibility index (Phi) is 2.94. The fraction of sp³-hybridized carbons (Fsp3) is 0.556. The molecule has 2 atom stereocenters. The molecule has 2 amide bonds. The van der Waals surface area contributed by atoms with Crippen LogP contribution in [0, 0.1) is 0 Å². The van der Waals surface area contributed by atoms with Gasteiger partial charge >= 0.3 is 6.09 Å². The van der Waals surface area contributed by atoms with Gasteiger partial charge in [-0.25, -0.2) is 4.79 Å². The van der Waals surface area contributed by atoms with Crippen LogP contribution in [0.25, 0.3) is 0 Å². The smallest absolute Gasteiger partial charge is 0.405 e. The molecule has 1 unspecified atom stereocenters. The summed E-state index contributed by atoms with van der Waals surface area (Å²) in [6.45, 7) is 0.783. The number of primary amides is 1. The molecule has 0 radical (unpaired) electrons. The number of carbonyl (C=O) groups is 2. The van der Waals surface area contributed by atoms with Gasteiger partial charge in [0.25, 0.3) is 0 Å². The second-order valence-electron chi connectivity index (χ2n) is 4.01. The lowest BCUT2D eigenvalue weighted by Crippen LogP contribution is -2.44. The molecule has 0 aliphatic carbocycles. The number of carbonyl (C=O) groups excluding carboxylic acids is 1. The van der Waals surface area contributed by atoms with Gasteiger partial charge in [-0.05, 0) is 12.8 Å². The number of aryl methyl sites for hydroxylation is 1. The van der Waals surface area contributed by atoms with E-state index in [1.165, 1.54) is 0 Å². The van der Waals surface area contributed by atoms with Crippen LogP contribution in [0.1, 0.15) is 24.6 Å². The van der Waals surface area contributed by atoms with E-state index in [-0.39, 0.29) is 5.92 Å². The zero-order valence-corrected chi connectivity index (χ0v) is 9.04. The van der Waals surface area contributed by atoms with Crippen LogP contribution in [0.4, 0.5) is 4.79 Å². The minimum atomic E-state index is -1.26. The number of carboxylic acid groups (broad SMARTS) is 1. The van der Waals surface area contributed by atoms with E-state index in [4.69, 9.17) is 10.8 Å². The Morgan fingerprint density at radius 2 is 2.47 bits per heavy atom. The van der Waals surface area contributed by atoms with Gasteiger partial charge in [-0.1, -0.05) is 0 Å². The molecule has 2 heterocycles. The van der Waals surface area contributed by atoms with Crippen molar-refractivity contribution in [2.24, 2.45) is 5.73 Å². The number of aromatic nitrogens is 3. The maximum absolute atomic E-state index is 11.1. The fourth-order valence-corrected chi connectivity index (χ4v) is 2.08. The van der Waals surface area contributed by atoms with Gasteiger partial charge in [0.05, 0.1) is 0 Å². The van der Waals surface area contributed by atoms with Crippen LogP contribution in [0.5, 0.6) is 0 Å². The standard InChI is InChI=1S/C9H13N5O3/c10-7(15)6(12-9(16)17)3-5-1-2-14-4-11-13-8(5)14/h4-6,12H,1-3H2,(H2,10,15)(H,16,17)/t5-,6?/m0/s1. The first-order valence-corrected chi connectivity index (χ1v) is 5.24. The Balaban J connectivity index is 2.05. The van der Waals surface area contributed by atoms with Gasteiger partial charge in [-0.2, -0.15) is 0 Å². The lowest BCUT2D eigenvalue weighted by atomic mass is 9.97. The molecule has 0 fully saturated rings. The van der Waals surface area contributed by atoms with Gasteiger partial charge in [0.1, 0.15) is 18.2 Å². The third-order valence-corrected chi connectivity index (χ3v) is 2.89. The highest BCUT2D eigenvalue weighted by Crippen LogP contribution is 2.29. The highest BCUT2D eigenvalue weighted by molar-refractivity contribution is 5.83. The van der Waals surface area contributed by atoms with Gasteiger partial charge < -0.3 is 20.7 Å². The van der Waals surface area contributed by atoms with Crippen molar-refractivity contribution in [2.45, 2.75) is 31.3 Å². The van der Waals surface area contributed by atoms with E-state index in [0.717, 1.165) is 18.8 Å². The Morgan fingerprint density at radius 1 is 1.71 bits per heavy atom. The van der Waals surface area contributed by atoms with E-state index in [2.05, 4.69) is 15.5 Å². The summed E-state index contributed by atoms with van der Waals surface area (Å²) in [5.74, 6) is 0.121. The number of nitrogens with one attached hydrogen (secondary N) is 1. The van der Waals surface area contributed by atoms with Crippen LogP contribution in [0.3, 0.4) is 0 Å². The summed E-state index contributed by atoms with van der Waals surface area (Å²) in [5, 5.41) is 18.4. The van der Waals surface area contributed by atoms with Crippen molar-refractivity contribution < 1.29 is 14.7 Å². The largest absolute Gasteiger partial charge is 0.465 e. The second kappa shape index (κ2) is 4.40. The summed E-state index contributed by atoms with van der Waals surface area (Å²) in [5.41, 5.74) is 5.15. The number of rotatable bonds is 4. The molecule has 92 valence electrons. The third-order valence-electron chi connectivity index (χ3n) is 2.89. The average Bonchev–Trinajstić information content (AvgIpc) is 2.80. The summed E-state index contributed by atoms with van der Waals surface area (Å²) in [6.07, 6.45) is 1.50. The van der Waals surface area contributed by atoms with Crippen molar-refractivity contribution in [2.75, 3.05) is 0 Å². The minimum absolute atomic E-state index is 0.0156. The van der Waals surface area contributed by atoms with Gasteiger partial charge in [-0.15, -0.1) is 10.2 Å². The van der Waals surface area contributed by atoms with Crippen molar-refractivity contribution in [1.29, 1.82) is 0 Å². The maximum atomic E-state index is 11.1. The predicted molar refractivity (Wildman–Crippen MR) is 56.1 cm³/mol. The Hall–Kier alpha value is -2.12. The molecule has 8 nitrogen and oxygen atoms in total. The molecule has 0 bridgehead atoms. The van der Waals surface area contributed by atoms with E-state index in [1.807, 2.05) is 4.57 Å². The number of amides is 2. The molecular formula is C9H13N5O3. The van der Waals surface area contributed by atoms with Crippen LogP contribution >= 0.6 is 0 Å². The van der Waals surface area contributed by atoms with Crippen LogP contribution in [0.15, 0.2) is 6.33 Å². The summed E-state index contributed by atoms with van der Waals surface area (Å²) in [7, 11) is 0. The lowest BCUT2D eigenvalue weighted by Gasteiger charge is -2.16. The summed E-state index contributed by atoms with van der Waals surface area (Å²) < 4.78 is 1.89. The van der Waals surface area contributed by atoms with Crippen molar-refractivity contribution >= 4 is 12.0 Å². The van der Waals surface area contributed by atoms with Gasteiger partial charge in [0, 0.05) is 12.5 Å². The van der Waals surface area contributed by atoms with E-state index < -0.39 is 18.0 Å². The molecule has 17 heavy (non-hydrogen) atoms. The second-order valence-corrected chi connectivity index (χ2v) is 4.01. The molecule has 1 aromatic rings. The summed E-state index contributed by atoms with van der Waals surface area (Å²) >= 11 is 0. The van der Waals surface area contributed by atoms with Crippen LogP contribution in [-0.2, 0) is 11.3 Å². The topological polar surface area (TPSA) is 123 Å². The van der Waals surface area contributed by atoms with Gasteiger partial charge in [0.2, 0.25) is 5.91 Å². The SMILES string of the molecule is NC(=O)C(C[C@@H]1CCn2cnnc21)NC(=O)O. The van der Waals surface area contributed by atoms with E-state index >= 15 is 0 Å². The number of hydrogen-bond donors (Lipinski definition) is 3. The molecule has 0 aromatic carbocycles. The van der Waals surface area contributed by atoms with E-state index in [9.17, 15) is 9.59 Å². The average molecular weight is 239 g/mol. The molecule has 0 spiro atoms. The maximum Gasteiger partial charge on any atom is 0.405 e. The highest BCUT2D eigenvalue weighted by atomic mass is 16.4. The van der Waals surface area contributed by atoms with Crippen molar-refractivity contribution in [1.82, 2.24) is 20.1 Å². The normalized spacial score (nSPS) is 19.6. The Labute approximate surface area is 96.8 Å². The zero-order valence-electron chi connectivity index (χ0n) is 9.04.